The van der Waals surface area contributed by atoms with Gasteiger partial charge in [0.05, 0.1) is 0 Å². The topological polar surface area (TPSA) is 70.2 Å². The molecular weight excluding hydrogens is 322 g/mol. The first-order valence-electron chi connectivity index (χ1n) is 8.54. The van der Waals surface area contributed by atoms with Crippen LogP contribution in [0.3, 0.4) is 0 Å². The van der Waals surface area contributed by atoms with E-state index >= 15 is 0 Å². The SMILES string of the molecule is O=C(Nc1cccc(N2CCCCC2)c1)Nc1nnc(C2CC2)s1. The molecule has 2 amide bonds. The number of carbonyl (C=O) groups is 1. The summed E-state index contributed by atoms with van der Waals surface area (Å²) in [5.74, 6) is 0.558. The van der Waals surface area contributed by atoms with Crippen LogP contribution in [0.4, 0.5) is 21.3 Å². The van der Waals surface area contributed by atoms with Crippen molar-refractivity contribution in [3.63, 3.8) is 0 Å². The quantitative estimate of drug-likeness (QED) is 0.878. The summed E-state index contributed by atoms with van der Waals surface area (Å²) >= 11 is 1.47. The largest absolute Gasteiger partial charge is 0.371 e. The first kappa shape index (κ1) is 15.4. The van der Waals surface area contributed by atoms with E-state index in [9.17, 15) is 4.79 Å². The molecule has 0 unspecified atom stereocenters. The van der Waals surface area contributed by atoms with Crippen LogP contribution in [0.15, 0.2) is 24.3 Å². The number of hydrogen-bond acceptors (Lipinski definition) is 5. The Balaban J connectivity index is 1.37. The first-order valence-corrected chi connectivity index (χ1v) is 9.36. The Morgan fingerprint density at radius 1 is 1.12 bits per heavy atom. The second-order valence-corrected chi connectivity index (χ2v) is 7.41. The van der Waals surface area contributed by atoms with E-state index in [4.69, 9.17) is 0 Å². The number of aromatic nitrogens is 2. The third-order valence-corrected chi connectivity index (χ3v) is 5.41. The van der Waals surface area contributed by atoms with E-state index in [1.54, 1.807) is 0 Å². The van der Waals surface area contributed by atoms with Gasteiger partial charge in [0.2, 0.25) is 5.13 Å². The molecule has 1 aliphatic heterocycles. The molecule has 2 aliphatic rings. The maximum Gasteiger partial charge on any atom is 0.325 e. The lowest BCUT2D eigenvalue weighted by Gasteiger charge is -2.29. The van der Waals surface area contributed by atoms with Gasteiger partial charge in [-0.15, -0.1) is 10.2 Å². The Bertz CT molecular complexity index is 721. The van der Waals surface area contributed by atoms with Crippen molar-refractivity contribution >= 4 is 33.9 Å². The molecule has 1 saturated carbocycles. The molecule has 0 spiro atoms. The van der Waals surface area contributed by atoms with Crippen molar-refractivity contribution in [1.82, 2.24) is 10.2 Å². The van der Waals surface area contributed by atoms with E-state index in [1.807, 2.05) is 18.2 Å². The molecule has 2 heterocycles. The molecule has 0 radical (unpaired) electrons. The van der Waals surface area contributed by atoms with E-state index in [0.29, 0.717) is 11.0 Å². The molecule has 2 N–H and O–H groups in total. The molecule has 24 heavy (non-hydrogen) atoms. The number of amides is 2. The highest BCUT2D eigenvalue weighted by Crippen LogP contribution is 2.42. The summed E-state index contributed by atoms with van der Waals surface area (Å²) in [6, 6.07) is 7.74. The van der Waals surface area contributed by atoms with E-state index in [0.717, 1.165) is 23.8 Å². The van der Waals surface area contributed by atoms with Gasteiger partial charge in [0.1, 0.15) is 5.01 Å². The second-order valence-electron chi connectivity index (χ2n) is 6.40. The van der Waals surface area contributed by atoms with Gasteiger partial charge in [0.25, 0.3) is 0 Å². The van der Waals surface area contributed by atoms with Crippen molar-refractivity contribution in [1.29, 1.82) is 0 Å². The number of anilines is 3. The van der Waals surface area contributed by atoms with Gasteiger partial charge in [-0.2, -0.15) is 0 Å². The van der Waals surface area contributed by atoms with E-state index in [2.05, 4.69) is 31.8 Å². The zero-order valence-electron chi connectivity index (χ0n) is 13.5. The van der Waals surface area contributed by atoms with Gasteiger partial charge in [-0.25, -0.2) is 4.79 Å². The molecule has 1 aromatic carbocycles. The monoisotopic (exact) mass is 343 g/mol. The highest BCUT2D eigenvalue weighted by Gasteiger charge is 2.27. The lowest BCUT2D eigenvalue weighted by Crippen LogP contribution is -2.29. The van der Waals surface area contributed by atoms with Crippen LogP contribution in [-0.4, -0.2) is 29.3 Å². The number of hydrogen-bond donors (Lipinski definition) is 2. The summed E-state index contributed by atoms with van der Waals surface area (Å²) in [6.07, 6.45) is 6.15. The Labute approximate surface area is 145 Å². The number of rotatable bonds is 4. The predicted octanol–water partition coefficient (Wildman–Crippen LogP) is 4.05. The predicted molar refractivity (Wildman–Crippen MR) is 97.0 cm³/mol. The van der Waals surface area contributed by atoms with Crippen LogP contribution >= 0.6 is 11.3 Å². The number of carbonyl (C=O) groups excluding carboxylic acids is 1. The van der Waals surface area contributed by atoms with Crippen LogP contribution in [0, 0.1) is 0 Å². The highest BCUT2D eigenvalue weighted by atomic mass is 32.1. The number of nitrogens with one attached hydrogen (secondary N) is 2. The lowest BCUT2D eigenvalue weighted by atomic mass is 10.1. The fourth-order valence-electron chi connectivity index (χ4n) is 2.97. The zero-order chi connectivity index (χ0) is 16.4. The van der Waals surface area contributed by atoms with Crippen molar-refractivity contribution in [2.75, 3.05) is 28.6 Å². The maximum atomic E-state index is 12.2. The molecule has 0 bridgehead atoms. The molecule has 0 atom stereocenters. The summed E-state index contributed by atoms with van der Waals surface area (Å²) in [4.78, 5) is 14.5. The number of nitrogens with zero attached hydrogens (tertiary/aromatic N) is 3. The van der Waals surface area contributed by atoms with Crippen molar-refractivity contribution in [2.45, 2.75) is 38.0 Å². The van der Waals surface area contributed by atoms with Crippen molar-refractivity contribution in [2.24, 2.45) is 0 Å². The van der Waals surface area contributed by atoms with Crippen molar-refractivity contribution < 1.29 is 4.79 Å². The third-order valence-electron chi connectivity index (χ3n) is 4.41. The van der Waals surface area contributed by atoms with Gasteiger partial charge in [-0.05, 0) is 50.3 Å². The Morgan fingerprint density at radius 2 is 1.96 bits per heavy atom. The lowest BCUT2D eigenvalue weighted by molar-refractivity contribution is 0.262. The zero-order valence-corrected chi connectivity index (χ0v) is 14.3. The fourth-order valence-corrected chi connectivity index (χ4v) is 3.88. The molecule has 1 aliphatic carbocycles. The van der Waals surface area contributed by atoms with Gasteiger partial charge in [-0.3, -0.25) is 5.32 Å². The fraction of sp³-hybridized carbons (Fsp3) is 0.471. The summed E-state index contributed by atoms with van der Waals surface area (Å²) in [5.41, 5.74) is 1.96. The van der Waals surface area contributed by atoms with Crippen LogP contribution in [-0.2, 0) is 0 Å². The summed E-state index contributed by atoms with van der Waals surface area (Å²) in [7, 11) is 0. The molecule has 6 nitrogen and oxygen atoms in total. The minimum atomic E-state index is -0.274. The minimum Gasteiger partial charge on any atom is -0.371 e. The van der Waals surface area contributed by atoms with Crippen LogP contribution in [0.2, 0.25) is 0 Å². The number of urea groups is 1. The first-order chi connectivity index (χ1) is 11.8. The van der Waals surface area contributed by atoms with Crippen LogP contribution in [0.5, 0.6) is 0 Å². The van der Waals surface area contributed by atoms with Crippen molar-refractivity contribution in [3.8, 4) is 0 Å². The minimum absolute atomic E-state index is 0.274. The van der Waals surface area contributed by atoms with Crippen LogP contribution in [0.25, 0.3) is 0 Å². The number of piperidine rings is 1. The van der Waals surface area contributed by atoms with Gasteiger partial charge in [0, 0.05) is 30.4 Å². The normalized spacial score (nSPS) is 17.6. The molecule has 4 rings (SSSR count). The summed E-state index contributed by atoms with van der Waals surface area (Å²) in [6.45, 7) is 2.18. The van der Waals surface area contributed by atoms with Crippen molar-refractivity contribution in [3.05, 3.63) is 29.3 Å². The average Bonchev–Trinajstić information content (AvgIpc) is 3.36. The Morgan fingerprint density at radius 3 is 2.75 bits per heavy atom. The standard InChI is InChI=1S/C17H21N5OS/c23-16(19-17-21-20-15(24-17)12-7-8-12)18-13-5-4-6-14(11-13)22-9-2-1-3-10-22/h4-6,11-12H,1-3,7-10H2,(H2,18,19,21,23). The number of benzene rings is 1. The smallest absolute Gasteiger partial charge is 0.325 e. The summed E-state index contributed by atoms with van der Waals surface area (Å²) < 4.78 is 0. The second kappa shape index (κ2) is 6.76. The van der Waals surface area contributed by atoms with Gasteiger partial charge in [0.15, 0.2) is 0 Å². The molecular formula is C17H21N5OS. The molecule has 1 aromatic heterocycles. The van der Waals surface area contributed by atoms with Gasteiger partial charge >= 0.3 is 6.03 Å². The molecule has 7 heteroatoms. The summed E-state index contributed by atoms with van der Waals surface area (Å²) in [5, 5.41) is 15.4. The molecule has 126 valence electrons. The average molecular weight is 343 g/mol. The maximum absolute atomic E-state index is 12.2. The van der Waals surface area contributed by atoms with E-state index < -0.39 is 0 Å². The third kappa shape index (κ3) is 3.67. The van der Waals surface area contributed by atoms with E-state index in [1.165, 1.54) is 49.1 Å². The van der Waals surface area contributed by atoms with Gasteiger partial charge in [-0.1, -0.05) is 17.4 Å². The van der Waals surface area contributed by atoms with Crippen LogP contribution < -0.4 is 15.5 Å². The Hall–Kier alpha value is -2.15. The molecule has 2 fully saturated rings. The molecule has 1 saturated heterocycles. The molecule has 2 aromatic rings. The highest BCUT2D eigenvalue weighted by molar-refractivity contribution is 7.15. The van der Waals surface area contributed by atoms with Gasteiger partial charge < -0.3 is 10.2 Å². The Kier molecular flexibility index (Phi) is 4.34. The van der Waals surface area contributed by atoms with Crippen LogP contribution in [0.1, 0.15) is 43.0 Å². The van der Waals surface area contributed by atoms with E-state index in [-0.39, 0.29) is 6.03 Å².